The SMILES string of the molecule is Cc1ccc2cccc(OCc3c(Cl)ccc(S(=O)(=O)N(C)Cc4ccc([N+](=O)[O-])cc4)c3Cl)c2n1. The van der Waals surface area contributed by atoms with Crippen LogP contribution in [0.2, 0.25) is 10.0 Å². The van der Waals surface area contributed by atoms with Crippen molar-refractivity contribution in [2.45, 2.75) is 25.0 Å². The summed E-state index contributed by atoms with van der Waals surface area (Å²) in [4.78, 5) is 14.8. The number of hydrogen-bond donors (Lipinski definition) is 0. The first-order chi connectivity index (χ1) is 17.1. The zero-order valence-electron chi connectivity index (χ0n) is 19.3. The Hall–Kier alpha value is -3.24. The first kappa shape index (κ1) is 25.8. The molecule has 0 radical (unpaired) electrons. The molecule has 36 heavy (non-hydrogen) atoms. The van der Waals surface area contributed by atoms with Crippen LogP contribution in [0, 0.1) is 17.0 Å². The number of aromatic nitrogens is 1. The molecular weight excluding hydrogens is 525 g/mol. The monoisotopic (exact) mass is 545 g/mol. The lowest BCUT2D eigenvalue weighted by molar-refractivity contribution is -0.384. The second-order valence-corrected chi connectivity index (χ2v) is 10.9. The molecule has 0 bridgehead atoms. The largest absolute Gasteiger partial charge is 0.487 e. The summed E-state index contributed by atoms with van der Waals surface area (Å²) in [5.41, 5.74) is 2.34. The van der Waals surface area contributed by atoms with Gasteiger partial charge in [-0.1, -0.05) is 53.5 Å². The fraction of sp³-hybridized carbons (Fsp3) is 0.160. The maximum absolute atomic E-state index is 13.3. The van der Waals surface area contributed by atoms with Crippen LogP contribution in [0.3, 0.4) is 0 Å². The van der Waals surface area contributed by atoms with E-state index in [-0.39, 0.29) is 33.8 Å². The summed E-state index contributed by atoms with van der Waals surface area (Å²) >= 11 is 12.9. The first-order valence-electron chi connectivity index (χ1n) is 10.7. The summed E-state index contributed by atoms with van der Waals surface area (Å²) in [6.45, 7) is 1.81. The van der Waals surface area contributed by atoms with Crippen LogP contribution >= 0.6 is 23.2 Å². The fourth-order valence-electron chi connectivity index (χ4n) is 3.62. The highest BCUT2D eigenvalue weighted by atomic mass is 35.5. The van der Waals surface area contributed by atoms with Crippen LogP contribution in [-0.4, -0.2) is 29.7 Å². The Kier molecular flexibility index (Phi) is 7.46. The highest BCUT2D eigenvalue weighted by molar-refractivity contribution is 7.89. The van der Waals surface area contributed by atoms with Gasteiger partial charge in [-0.15, -0.1) is 0 Å². The maximum atomic E-state index is 13.3. The molecule has 11 heteroatoms. The van der Waals surface area contributed by atoms with E-state index in [1.54, 1.807) is 6.07 Å². The van der Waals surface area contributed by atoms with Crippen LogP contribution in [0.25, 0.3) is 10.9 Å². The van der Waals surface area contributed by atoms with Crippen molar-refractivity contribution in [1.82, 2.24) is 9.29 Å². The topological polar surface area (TPSA) is 103 Å². The lowest BCUT2D eigenvalue weighted by Gasteiger charge is -2.20. The molecule has 0 spiro atoms. The molecule has 0 atom stereocenters. The Balaban J connectivity index is 1.59. The summed E-state index contributed by atoms with van der Waals surface area (Å²) in [5.74, 6) is 0.520. The van der Waals surface area contributed by atoms with Gasteiger partial charge >= 0.3 is 0 Å². The molecule has 0 aliphatic carbocycles. The molecule has 0 aliphatic heterocycles. The van der Waals surface area contributed by atoms with Gasteiger partial charge in [0.05, 0.1) is 9.95 Å². The van der Waals surface area contributed by atoms with Crippen LogP contribution in [0.5, 0.6) is 5.75 Å². The van der Waals surface area contributed by atoms with E-state index in [0.717, 1.165) is 15.4 Å². The Morgan fingerprint density at radius 3 is 2.44 bits per heavy atom. The Bertz CT molecular complexity index is 1560. The minimum atomic E-state index is -4.02. The molecule has 1 aromatic heterocycles. The number of sulfonamides is 1. The number of para-hydroxylation sites is 1. The number of nitro benzene ring substituents is 1. The van der Waals surface area contributed by atoms with Crippen molar-refractivity contribution in [2.75, 3.05) is 7.05 Å². The van der Waals surface area contributed by atoms with Gasteiger partial charge in [-0.2, -0.15) is 4.31 Å². The van der Waals surface area contributed by atoms with Crippen molar-refractivity contribution in [2.24, 2.45) is 0 Å². The highest BCUT2D eigenvalue weighted by Crippen LogP contribution is 2.34. The Labute approximate surface area is 218 Å². The predicted molar refractivity (Wildman–Crippen MR) is 139 cm³/mol. The molecule has 4 rings (SSSR count). The molecule has 0 saturated carbocycles. The molecule has 0 saturated heterocycles. The summed E-state index contributed by atoms with van der Waals surface area (Å²) in [6.07, 6.45) is 0. The molecule has 4 aromatic rings. The molecule has 1 heterocycles. The third-order valence-corrected chi connectivity index (χ3v) is 8.33. The summed E-state index contributed by atoms with van der Waals surface area (Å²) < 4.78 is 33.7. The van der Waals surface area contributed by atoms with Crippen molar-refractivity contribution < 1.29 is 18.1 Å². The van der Waals surface area contributed by atoms with Gasteiger partial charge in [0.1, 0.15) is 22.8 Å². The van der Waals surface area contributed by atoms with E-state index in [4.69, 9.17) is 27.9 Å². The van der Waals surface area contributed by atoms with Crippen LogP contribution in [0.1, 0.15) is 16.8 Å². The molecule has 8 nitrogen and oxygen atoms in total. The van der Waals surface area contributed by atoms with E-state index in [9.17, 15) is 18.5 Å². The number of nitrogens with zero attached hydrogens (tertiary/aromatic N) is 3. The van der Waals surface area contributed by atoms with E-state index in [2.05, 4.69) is 4.98 Å². The van der Waals surface area contributed by atoms with Gasteiger partial charge in [0.15, 0.2) is 0 Å². The van der Waals surface area contributed by atoms with E-state index in [0.29, 0.717) is 22.4 Å². The average molecular weight is 546 g/mol. The number of ether oxygens (including phenoxy) is 1. The lowest BCUT2D eigenvalue weighted by Crippen LogP contribution is -2.27. The maximum Gasteiger partial charge on any atom is 0.269 e. The highest BCUT2D eigenvalue weighted by Gasteiger charge is 2.26. The van der Waals surface area contributed by atoms with E-state index in [1.807, 2.05) is 31.2 Å². The van der Waals surface area contributed by atoms with Crippen molar-refractivity contribution in [3.63, 3.8) is 0 Å². The third-order valence-electron chi connectivity index (χ3n) is 5.59. The van der Waals surface area contributed by atoms with Gasteiger partial charge in [-0.25, -0.2) is 13.4 Å². The molecule has 0 N–H and O–H groups in total. The first-order valence-corrected chi connectivity index (χ1v) is 12.9. The van der Waals surface area contributed by atoms with Gasteiger partial charge in [0.25, 0.3) is 5.69 Å². The predicted octanol–water partition coefficient (Wildman–Crippen LogP) is 6.16. The van der Waals surface area contributed by atoms with Crippen molar-refractivity contribution >= 4 is 49.8 Å². The van der Waals surface area contributed by atoms with Crippen molar-refractivity contribution in [3.8, 4) is 5.75 Å². The van der Waals surface area contributed by atoms with Crippen molar-refractivity contribution in [1.29, 1.82) is 0 Å². The minimum absolute atomic E-state index is 0.00780. The number of halogens is 2. The average Bonchev–Trinajstić information content (AvgIpc) is 2.84. The molecule has 0 amide bonds. The number of hydrogen-bond acceptors (Lipinski definition) is 6. The second-order valence-electron chi connectivity index (χ2n) is 8.09. The van der Waals surface area contributed by atoms with Crippen LogP contribution in [0.15, 0.2) is 71.6 Å². The molecule has 0 fully saturated rings. The van der Waals surface area contributed by atoms with Gasteiger partial charge in [-0.3, -0.25) is 10.1 Å². The number of pyridine rings is 1. The molecule has 3 aromatic carbocycles. The Morgan fingerprint density at radius 1 is 1.03 bits per heavy atom. The molecular formula is C25H21Cl2N3O5S. The molecule has 186 valence electrons. The van der Waals surface area contributed by atoms with Gasteiger partial charge in [0.2, 0.25) is 10.0 Å². The van der Waals surface area contributed by atoms with E-state index in [1.165, 1.54) is 43.4 Å². The third kappa shape index (κ3) is 5.29. The standard InChI is InChI=1S/C25H21Cl2N3O5S/c1-16-6-9-18-4-3-5-22(25(18)28-16)35-15-20-21(26)12-13-23(24(20)27)36(33,34)29(2)14-17-7-10-19(11-8-17)30(31)32/h3-13H,14-15H2,1-2H3. The number of non-ortho nitro benzene ring substituents is 1. The van der Waals surface area contributed by atoms with Crippen LogP contribution in [-0.2, 0) is 23.2 Å². The number of fused-ring (bicyclic) bond motifs is 1. The van der Waals surface area contributed by atoms with Gasteiger partial charge in [0, 0.05) is 47.4 Å². The summed E-state index contributed by atoms with van der Waals surface area (Å²) in [7, 11) is -2.61. The van der Waals surface area contributed by atoms with Crippen LogP contribution < -0.4 is 4.74 Å². The van der Waals surface area contributed by atoms with Crippen LogP contribution in [0.4, 0.5) is 5.69 Å². The number of benzene rings is 3. The molecule has 0 aliphatic rings. The number of rotatable bonds is 8. The lowest BCUT2D eigenvalue weighted by atomic mass is 10.2. The zero-order valence-corrected chi connectivity index (χ0v) is 21.6. The van der Waals surface area contributed by atoms with Crippen molar-refractivity contribution in [3.05, 3.63) is 104 Å². The second kappa shape index (κ2) is 10.4. The summed E-state index contributed by atoms with van der Waals surface area (Å²) in [6, 6.07) is 17.8. The van der Waals surface area contributed by atoms with Gasteiger partial charge in [-0.05, 0) is 36.8 Å². The number of nitro groups is 1. The van der Waals surface area contributed by atoms with E-state index >= 15 is 0 Å². The smallest absolute Gasteiger partial charge is 0.269 e. The fourth-order valence-corrected chi connectivity index (χ4v) is 5.64. The van der Waals surface area contributed by atoms with E-state index < -0.39 is 14.9 Å². The quantitative estimate of drug-likeness (QED) is 0.194. The molecule has 0 unspecified atom stereocenters. The minimum Gasteiger partial charge on any atom is -0.487 e. The Morgan fingerprint density at radius 2 is 1.75 bits per heavy atom. The van der Waals surface area contributed by atoms with Gasteiger partial charge < -0.3 is 4.74 Å². The normalized spacial score (nSPS) is 11.7. The zero-order chi connectivity index (χ0) is 26.0. The number of aryl methyl sites for hydroxylation is 1. The summed E-state index contributed by atoms with van der Waals surface area (Å²) in [5, 5.41) is 12.0.